The molecule has 0 aromatic heterocycles. The lowest BCUT2D eigenvalue weighted by molar-refractivity contribution is 0.119. The van der Waals surface area contributed by atoms with Gasteiger partial charge in [0.25, 0.3) is 0 Å². The van der Waals surface area contributed by atoms with Crippen LogP contribution in [0, 0.1) is 11.3 Å². The molecule has 0 aromatic carbocycles. The summed E-state index contributed by atoms with van der Waals surface area (Å²) in [5, 5.41) is 3.73. The fourth-order valence-corrected chi connectivity index (χ4v) is 2.41. The highest BCUT2D eigenvalue weighted by molar-refractivity contribution is 4.88. The lowest BCUT2D eigenvalue weighted by Crippen LogP contribution is -2.42. The van der Waals surface area contributed by atoms with E-state index in [1.807, 2.05) is 0 Å². The van der Waals surface area contributed by atoms with Crippen LogP contribution in [-0.2, 0) is 0 Å². The Kier molecular flexibility index (Phi) is 5.11. The van der Waals surface area contributed by atoms with Crippen molar-refractivity contribution in [2.75, 3.05) is 6.54 Å². The summed E-state index contributed by atoms with van der Waals surface area (Å²) in [6, 6.07) is 0.705. The second-order valence-corrected chi connectivity index (χ2v) is 5.96. The standard InChI is InChI=1S/C14H29N/c1-5-14(9-6-10-14)11-15-13(4)8-7-12(2)3/h12-13,15H,5-11H2,1-4H3. The van der Waals surface area contributed by atoms with Gasteiger partial charge in [0.1, 0.15) is 0 Å². The van der Waals surface area contributed by atoms with Crippen LogP contribution < -0.4 is 5.32 Å². The molecule has 0 aromatic rings. The first-order valence-electron chi connectivity index (χ1n) is 6.81. The lowest BCUT2D eigenvalue weighted by Gasteiger charge is -2.42. The maximum absolute atomic E-state index is 3.73. The van der Waals surface area contributed by atoms with Crippen LogP contribution in [-0.4, -0.2) is 12.6 Å². The molecule has 1 N–H and O–H groups in total. The Bertz CT molecular complexity index is 165. The van der Waals surface area contributed by atoms with E-state index >= 15 is 0 Å². The zero-order valence-corrected chi connectivity index (χ0v) is 11.1. The van der Waals surface area contributed by atoms with Crippen LogP contribution in [0.25, 0.3) is 0 Å². The molecule has 1 aliphatic rings. The number of nitrogens with one attached hydrogen (secondary N) is 1. The van der Waals surface area contributed by atoms with Crippen LogP contribution in [0.4, 0.5) is 0 Å². The summed E-state index contributed by atoms with van der Waals surface area (Å²) in [6.07, 6.45) is 8.40. The molecular formula is C14H29N. The third-order valence-corrected chi connectivity index (χ3v) is 4.17. The van der Waals surface area contributed by atoms with Crippen molar-refractivity contribution >= 4 is 0 Å². The summed E-state index contributed by atoms with van der Waals surface area (Å²) < 4.78 is 0. The van der Waals surface area contributed by atoms with E-state index in [1.165, 1.54) is 45.1 Å². The average molecular weight is 211 g/mol. The Morgan fingerprint density at radius 1 is 1.13 bits per heavy atom. The second-order valence-electron chi connectivity index (χ2n) is 5.96. The van der Waals surface area contributed by atoms with Crippen LogP contribution >= 0.6 is 0 Å². The van der Waals surface area contributed by atoms with Gasteiger partial charge < -0.3 is 5.32 Å². The van der Waals surface area contributed by atoms with Gasteiger partial charge in [-0.05, 0) is 50.4 Å². The van der Waals surface area contributed by atoms with Gasteiger partial charge in [0.15, 0.2) is 0 Å². The van der Waals surface area contributed by atoms with E-state index in [-0.39, 0.29) is 0 Å². The molecular weight excluding hydrogens is 182 g/mol. The number of hydrogen-bond acceptors (Lipinski definition) is 1. The number of rotatable bonds is 7. The van der Waals surface area contributed by atoms with Crippen molar-refractivity contribution in [3.05, 3.63) is 0 Å². The maximum Gasteiger partial charge on any atom is 0.00390 e. The summed E-state index contributed by atoms with van der Waals surface area (Å²) in [6.45, 7) is 10.6. The van der Waals surface area contributed by atoms with Gasteiger partial charge in [-0.25, -0.2) is 0 Å². The van der Waals surface area contributed by atoms with Gasteiger partial charge in [0, 0.05) is 12.6 Å². The van der Waals surface area contributed by atoms with E-state index in [0.717, 1.165) is 5.92 Å². The van der Waals surface area contributed by atoms with Crippen molar-refractivity contribution in [2.24, 2.45) is 11.3 Å². The summed E-state index contributed by atoms with van der Waals surface area (Å²) in [4.78, 5) is 0. The molecule has 90 valence electrons. The molecule has 0 heterocycles. The topological polar surface area (TPSA) is 12.0 Å². The molecule has 0 aliphatic heterocycles. The molecule has 1 atom stereocenters. The van der Waals surface area contributed by atoms with E-state index in [0.29, 0.717) is 11.5 Å². The maximum atomic E-state index is 3.73. The summed E-state index contributed by atoms with van der Waals surface area (Å²) in [5.41, 5.74) is 0.673. The highest BCUT2D eigenvalue weighted by Gasteiger charge is 2.34. The van der Waals surface area contributed by atoms with Crippen LogP contribution in [0.15, 0.2) is 0 Å². The highest BCUT2D eigenvalue weighted by Crippen LogP contribution is 2.43. The first kappa shape index (κ1) is 13.0. The Labute approximate surface area is 96.0 Å². The molecule has 0 amide bonds. The van der Waals surface area contributed by atoms with Crippen LogP contribution in [0.3, 0.4) is 0 Å². The van der Waals surface area contributed by atoms with Crippen molar-refractivity contribution in [1.82, 2.24) is 5.32 Å². The van der Waals surface area contributed by atoms with E-state index < -0.39 is 0 Å². The second kappa shape index (κ2) is 5.89. The van der Waals surface area contributed by atoms with Crippen molar-refractivity contribution < 1.29 is 0 Å². The third-order valence-electron chi connectivity index (χ3n) is 4.17. The van der Waals surface area contributed by atoms with Gasteiger partial charge in [-0.2, -0.15) is 0 Å². The largest absolute Gasteiger partial charge is 0.314 e. The predicted molar refractivity (Wildman–Crippen MR) is 68.1 cm³/mol. The van der Waals surface area contributed by atoms with Gasteiger partial charge in [-0.15, -0.1) is 0 Å². The molecule has 1 heteroatoms. The first-order chi connectivity index (χ1) is 7.08. The molecule has 1 aliphatic carbocycles. The Morgan fingerprint density at radius 2 is 1.80 bits per heavy atom. The molecule has 0 spiro atoms. The van der Waals surface area contributed by atoms with Gasteiger partial charge in [0.2, 0.25) is 0 Å². The monoisotopic (exact) mass is 211 g/mol. The van der Waals surface area contributed by atoms with Crippen molar-refractivity contribution in [3.63, 3.8) is 0 Å². The Hall–Kier alpha value is -0.0400. The van der Waals surface area contributed by atoms with E-state index in [9.17, 15) is 0 Å². The number of hydrogen-bond donors (Lipinski definition) is 1. The molecule has 15 heavy (non-hydrogen) atoms. The van der Waals surface area contributed by atoms with E-state index in [2.05, 4.69) is 33.0 Å². The average Bonchev–Trinajstić information content (AvgIpc) is 2.14. The first-order valence-corrected chi connectivity index (χ1v) is 6.81. The minimum Gasteiger partial charge on any atom is -0.314 e. The molecule has 1 unspecified atom stereocenters. The summed E-state index contributed by atoms with van der Waals surface area (Å²) in [7, 11) is 0. The molecule has 0 bridgehead atoms. The Balaban J connectivity index is 2.12. The molecule has 0 radical (unpaired) electrons. The summed E-state index contributed by atoms with van der Waals surface area (Å²) in [5.74, 6) is 0.845. The smallest absolute Gasteiger partial charge is 0.00390 e. The third kappa shape index (κ3) is 4.14. The van der Waals surface area contributed by atoms with Gasteiger partial charge in [0.05, 0.1) is 0 Å². The normalized spacial score (nSPS) is 21.4. The molecule has 1 rings (SSSR count). The van der Waals surface area contributed by atoms with Crippen molar-refractivity contribution in [3.8, 4) is 0 Å². The molecule has 1 nitrogen and oxygen atoms in total. The minimum atomic E-state index is 0.673. The molecule has 1 saturated carbocycles. The van der Waals surface area contributed by atoms with Gasteiger partial charge in [-0.3, -0.25) is 0 Å². The van der Waals surface area contributed by atoms with E-state index in [1.54, 1.807) is 0 Å². The molecule has 1 fully saturated rings. The predicted octanol–water partition coefficient (Wildman–Crippen LogP) is 3.98. The minimum absolute atomic E-state index is 0.673. The zero-order valence-electron chi connectivity index (χ0n) is 11.1. The van der Waals surface area contributed by atoms with Crippen molar-refractivity contribution in [1.29, 1.82) is 0 Å². The summed E-state index contributed by atoms with van der Waals surface area (Å²) >= 11 is 0. The lowest BCUT2D eigenvalue weighted by atomic mass is 9.67. The quantitative estimate of drug-likeness (QED) is 0.671. The van der Waals surface area contributed by atoms with E-state index in [4.69, 9.17) is 0 Å². The van der Waals surface area contributed by atoms with Crippen LogP contribution in [0.1, 0.15) is 66.2 Å². The SMILES string of the molecule is CCC1(CNC(C)CCC(C)C)CCC1. The van der Waals surface area contributed by atoms with Crippen LogP contribution in [0.2, 0.25) is 0 Å². The fraction of sp³-hybridized carbons (Fsp3) is 1.00. The van der Waals surface area contributed by atoms with Gasteiger partial charge in [-0.1, -0.05) is 27.2 Å². The van der Waals surface area contributed by atoms with Gasteiger partial charge >= 0.3 is 0 Å². The highest BCUT2D eigenvalue weighted by atomic mass is 14.9. The molecule has 0 saturated heterocycles. The Morgan fingerprint density at radius 3 is 2.20 bits per heavy atom. The zero-order chi connectivity index (χ0) is 11.3. The fourth-order valence-electron chi connectivity index (χ4n) is 2.41. The van der Waals surface area contributed by atoms with Crippen molar-refractivity contribution in [2.45, 2.75) is 72.3 Å². The van der Waals surface area contributed by atoms with Crippen LogP contribution in [0.5, 0.6) is 0 Å².